The molecule has 0 saturated carbocycles. The topological polar surface area (TPSA) is 62.3 Å². The fraction of sp³-hybridized carbons (Fsp3) is 0.167. The number of thiocarbonyl (C=S) groups is 1. The Kier molecular flexibility index (Phi) is 7.60. The van der Waals surface area contributed by atoms with Gasteiger partial charge in [-0.25, -0.2) is 4.98 Å². The van der Waals surface area contributed by atoms with Crippen LogP contribution in [0.1, 0.15) is 22.6 Å². The van der Waals surface area contributed by atoms with Gasteiger partial charge in [0.25, 0.3) is 5.91 Å². The number of carbonyl (C=O) groups excluding carboxylic acids is 2. The largest absolute Gasteiger partial charge is 0.350 e. The summed E-state index contributed by atoms with van der Waals surface area (Å²) in [6.45, 7) is 2.60. The summed E-state index contributed by atoms with van der Waals surface area (Å²) >= 11 is 14.0. The number of benzene rings is 2. The first-order valence-electron chi connectivity index (χ1n) is 10.2. The fourth-order valence-corrected chi connectivity index (χ4v) is 5.31. The standard InChI is InChI=1S/C24H20ClN3O2S3/c1-15-2-4-16(5-3-15)12-20-23(30)28(24(31)33-20)11-10-21(29)26-13-22-27-19(14-32-22)17-6-8-18(25)9-7-17/h2-9,12,14H,10-11,13H2,1H3,(H,26,29)/b20-12-. The van der Waals surface area contributed by atoms with E-state index >= 15 is 0 Å². The van der Waals surface area contributed by atoms with E-state index in [0.717, 1.165) is 27.4 Å². The Bertz CT molecular complexity index is 1220. The van der Waals surface area contributed by atoms with E-state index in [1.54, 1.807) is 0 Å². The maximum Gasteiger partial charge on any atom is 0.266 e. The van der Waals surface area contributed by atoms with Crippen LogP contribution in [0.15, 0.2) is 58.8 Å². The Balaban J connectivity index is 1.28. The molecule has 0 bridgehead atoms. The van der Waals surface area contributed by atoms with Crippen LogP contribution in [0.2, 0.25) is 5.02 Å². The second-order valence-corrected chi connectivity index (χ2v) is 10.5. The van der Waals surface area contributed by atoms with Gasteiger partial charge in [-0.3, -0.25) is 14.5 Å². The molecule has 1 aliphatic heterocycles. The molecule has 33 heavy (non-hydrogen) atoms. The number of carbonyl (C=O) groups is 2. The molecule has 0 unspecified atom stereocenters. The van der Waals surface area contributed by atoms with Crippen LogP contribution in [0.25, 0.3) is 17.3 Å². The van der Waals surface area contributed by atoms with E-state index in [0.29, 0.717) is 20.8 Å². The summed E-state index contributed by atoms with van der Waals surface area (Å²) in [6, 6.07) is 15.4. The van der Waals surface area contributed by atoms with E-state index in [-0.39, 0.29) is 24.8 Å². The van der Waals surface area contributed by atoms with Gasteiger partial charge in [-0.05, 0) is 30.7 Å². The first-order chi connectivity index (χ1) is 15.9. The molecule has 0 aliphatic carbocycles. The molecular weight excluding hydrogens is 494 g/mol. The summed E-state index contributed by atoms with van der Waals surface area (Å²) in [7, 11) is 0. The van der Waals surface area contributed by atoms with E-state index in [1.165, 1.54) is 28.0 Å². The van der Waals surface area contributed by atoms with Gasteiger partial charge < -0.3 is 5.32 Å². The normalized spacial score (nSPS) is 14.8. The molecule has 5 nitrogen and oxygen atoms in total. The lowest BCUT2D eigenvalue weighted by atomic mass is 10.1. The molecule has 1 N–H and O–H groups in total. The lowest BCUT2D eigenvalue weighted by molar-refractivity contribution is -0.123. The maximum absolute atomic E-state index is 12.7. The van der Waals surface area contributed by atoms with Crippen LogP contribution in [0.5, 0.6) is 0 Å². The Hall–Kier alpha value is -2.52. The summed E-state index contributed by atoms with van der Waals surface area (Å²) in [5.41, 5.74) is 3.92. The smallest absolute Gasteiger partial charge is 0.266 e. The average molecular weight is 514 g/mol. The molecule has 1 aromatic heterocycles. The molecular formula is C24H20ClN3O2S3. The number of hydrogen-bond acceptors (Lipinski definition) is 6. The van der Waals surface area contributed by atoms with Gasteiger partial charge in [-0.1, -0.05) is 77.5 Å². The average Bonchev–Trinajstić information content (AvgIpc) is 3.38. The molecule has 4 rings (SSSR count). The van der Waals surface area contributed by atoms with Crippen LogP contribution in [0.3, 0.4) is 0 Å². The molecule has 0 spiro atoms. The first kappa shape index (κ1) is 23.6. The summed E-state index contributed by atoms with van der Waals surface area (Å²) in [5.74, 6) is -0.319. The number of amides is 2. The van der Waals surface area contributed by atoms with E-state index < -0.39 is 0 Å². The highest BCUT2D eigenvalue weighted by Crippen LogP contribution is 2.32. The van der Waals surface area contributed by atoms with Crippen LogP contribution >= 0.6 is 46.9 Å². The van der Waals surface area contributed by atoms with Crippen molar-refractivity contribution in [2.45, 2.75) is 19.9 Å². The summed E-state index contributed by atoms with van der Waals surface area (Å²) in [5, 5.41) is 6.30. The van der Waals surface area contributed by atoms with E-state index in [2.05, 4.69) is 10.3 Å². The lowest BCUT2D eigenvalue weighted by Crippen LogP contribution is -2.33. The second kappa shape index (κ2) is 10.6. The highest BCUT2D eigenvalue weighted by atomic mass is 35.5. The van der Waals surface area contributed by atoms with Gasteiger partial charge in [0.05, 0.1) is 17.1 Å². The Morgan fingerprint density at radius 2 is 1.91 bits per heavy atom. The van der Waals surface area contributed by atoms with Crippen molar-refractivity contribution in [3.63, 3.8) is 0 Å². The van der Waals surface area contributed by atoms with Crippen molar-refractivity contribution in [2.75, 3.05) is 6.54 Å². The number of thiazole rings is 1. The van der Waals surface area contributed by atoms with Gasteiger partial charge in [0, 0.05) is 28.9 Å². The summed E-state index contributed by atoms with van der Waals surface area (Å²) in [6.07, 6.45) is 2.00. The summed E-state index contributed by atoms with van der Waals surface area (Å²) in [4.78, 5) is 31.7. The lowest BCUT2D eigenvalue weighted by Gasteiger charge is -2.13. The minimum absolute atomic E-state index is 0.158. The Morgan fingerprint density at radius 1 is 1.18 bits per heavy atom. The van der Waals surface area contributed by atoms with E-state index in [9.17, 15) is 9.59 Å². The van der Waals surface area contributed by atoms with Crippen molar-refractivity contribution in [3.8, 4) is 11.3 Å². The molecule has 1 fully saturated rings. The predicted octanol–water partition coefficient (Wildman–Crippen LogP) is 5.68. The van der Waals surface area contributed by atoms with Crippen molar-refractivity contribution in [3.05, 3.63) is 80.0 Å². The van der Waals surface area contributed by atoms with Crippen molar-refractivity contribution in [2.24, 2.45) is 0 Å². The van der Waals surface area contributed by atoms with Gasteiger partial charge in [-0.15, -0.1) is 11.3 Å². The van der Waals surface area contributed by atoms with Crippen LogP contribution in [-0.2, 0) is 16.1 Å². The number of thioether (sulfide) groups is 1. The highest BCUT2D eigenvalue weighted by molar-refractivity contribution is 8.26. The van der Waals surface area contributed by atoms with Crippen molar-refractivity contribution < 1.29 is 9.59 Å². The molecule has 1 saturated heterocycles. The molecule has 3 aromatic rings. The third-order valence-corrected chi connectivity index (χ3v) is 7.42. The number of halogens is 1. The van der Waals surface area contributed by atoms with Crippen LogP contribution in [-0.4, -0.2) is 32.6 Å². The Morgan fingerprint density at radius 3 is 2.64 bits per heavy atom. The number of rotatable bonds is 7. The molecule has 0 atom stereocenters. The van der Waals surface area contributed by atoms with E-state index in [4.69, 9.17) is 23.8 Å². The molecule has 9 heteroatoms. The third kappa shape index (κ3) is 6.09. The number of aryl methyl sites for hydroxylation is 1. The predicted molar refractivity (Wildman–Crippen MR) is 140 cm³/mol. The van der Waals surface area contributed by atoms with Gasteiger partial charge in [-0.2, -0.15) is 0 Å². The van der Waals surface area contributed by atoms with Crippen LogP contribution < -0.4 is 5.32 Å². The van der Waals surface area contributed by atoms with Gasteiger partial charge in [0.2, 0.25) is 5.91 Å². The van der Waals surface area contributed by atoms with Crippen LogP contribution in [0.4, 0.5) is 0 Å². The molecule has 0 radical (unpaired) electrons. The van der Waals surface area contributed by atoms with Crippen molar-refractivity contribution in [1.82, 2.24) is 15.2 Å². The highest BCUT2D eigenvalue weighted by Gasteiger charge is 2.32. The first-order valence-corrected chi connectivity index (χ1v) is 12.7. The van der Waals surface area contributed by atoms with Gasteiger partial charge >= 0.3 is 0 Å². The molecule has 168 valence electrons. The number of aromatic nitrogens is 1. The number of nitrogens with one attached hydrogen (secondary N) is 1. The molecule has 2 aromatic carbocycles. The van der Waals surface area contributed by atoms with Gasteiger partial charge in [0.1, 0.15) is 9.33 Å². The number of nitrogens with zero attached hydrogens (tertiary/aromatic N) is 2. The van der Waals surface area contributed by atoms with Crippen molar-refractivity contribution in [1.29, 1.82) is 0 Å². The minimum Gasteiger partial charge on any atom is -0.350 e. The quantitative estimate of drug-likeness (QED) is 0.325. The zero-order valence-corrected chi connectivity index (χ0v) is 20.9. The number of hydrogen-bond donors (Lipinski definition) is 1. The third-order valence-electron chi connectivity index (χ3n) is 4.94. The molecule has 2 heterocycles. The fourth-order valence-electron chi connectivity index (χ4n) is 3.13. The maximum atomic E-state index is 12.7. The zero-order chi connectivity index (χ0) is 23.4. The second-order valence-electron chi connectivity index (χ2n) is 7.40. The monoisotopic (exact) mass is 513 g/mol. The summed E-state index contributed by atoms with van der Waals surface area (Å²) < 4.78 is 0.471. The molecule has 2 amide bonds. The minimum atomic E-state index is -0.161. The SMILES string of the molecule is Cc1ccc(/C=C2\SC(=S)N(CCC(=O)NCc3nc(-c4ccc(Cl)cc4)cs3)C2=O)cc1. The zero-order valence-electron chi connectivity index (χ0n) is 17.7. The van der Waals surface area contributed by atoms with Crippen LogP contribution in [0, 0.1) is 6.92 Å². The Labute approximate surface area is 210 Å². The van der Waals surface area contributed by atoms with Crippen molar-refractivity contribution >= 4 is 69.1 Å². The van der Waals surface area contributed by atoms with Gasteiger partial charge in [0.15, 0.2) is 0 Å². The van der Waals surface area contributed by atoms with E-state index in [1.807, 2.05) is 66.9 Å². The molecule has 1 aliphatic rings.